The van der Waals surface area contributed by atoms with E-state index in [0.717, 1.165) is 0 Å². The summed E-state index contributed by atoms with van der Waals surface area (Å²) in [4.78, 5) is 21.1. The summed E-state index contributed by atoms with van der Waals surface area (Å²) < 4.78 is 14.7. The Morgan fingerprint density at radius 3 is 2.39 bits per heavy atom. The molecule has 2 N–H and O–H groups in total. The van der Waals surface area contributed by atoms with Gasteiger partial charge >= 0.3 is 0 Å². The lowest BCUT2D eigenvalue weighted by Gasteiger charge is -2.26. The van der Waals surface area contributed by atoms with Gasteiger partial charge in [-0.25, -0.2) is 9.37 Å². The highest BCUT2D eigenvalue weighted by molar-refractivity contribution is 6.34. The first-order valence-electron chi connectivity index (χ1n) is 11.3. The van der Waals surface area contributed by atoms with Gasteiger partial charge in [0.2, 0.25) is 6.41 Å². The highest BCUT2D eigenvalue weighted by Crippen LogP contribution is 2.41. The van der Waals surface area contributed by atoms with Gasteiger partial charge < -0.3 is 20.0 Å². The fourth-order valence-corrected chi connectivity index (χ4v) is 4.20. The fraction of sp³-hybridized carbons (Fsp3) is 0.185. The number of carbonyl (C=O) groups is 1. The summed E-state index contributed by atoms with van der Waals surface area (Å²) in [6.07, 6.45) is 7.77. The Kier molecular flexibility index (Phi) is 7.45. The van der Waals surface area contributed by atoms with E-state index >= 15 is 0 Å². The Bertz CT molecular complexity index is 1340. The second kappa shape index (κ2) is 10.7. The van der Waals surface area contributed by atoms with Crippen LogP contribution in [0.1, 0.15) is 6.42 Å². The van der Waals surface area contributed by atoms with Gasteiger partial charge in [-0.1, -0.05) is 17.7 Å². The van der Waals surface area contributed by atoms with Crippen molar-refractivity contribution >= 4 is 29.5 Å². The number of phenols is 1. The Labute approximate surface area is 214 Å². The van der Waals surface area contributed by atoms with Crippen LogP contribution in [0, 0.1) is 5.82 Å². The van der Waals surface area contributed by atoms with Crippen molar-refractivity contribution < 1.29 is 19.4 Å². The van der Waals surface area contributed by atoms with Crippen molar-refractivity contribution in [1.29, 1.82) is 0 Å². The summed E-state index contributed by atoms with van der Waals surface area (Å²) in [7, 11) is 3.66. The number of nitrogens with zero attached hydrogens (tertiary/aromatic N) is 4. The largest absolute Gasteiger partial charge is 0.513 e. The maximum Gasteiger partial charge on any atom is 0.218 e. The minimum absolute atomic E-state index is 0.103. The van der Waals surface area contributed by atoms with E-state index in [4.69, 9.17) is 11.6 Å². The van der Waals surface area contributed by atoms with E-state index in [1.54, 1.807) is 59.9 Å². The van der Waals surface area contributed by atoms with Crippen LogP contribution < -0.4 is 9.80 Å². The fourth-order valence-electron chi connectivity index (χ4n) is 3.93. The van der Waals surface area contributed by atoms with Gasteiger partial charge in [0.15, 0.2) is 0 Å². The van der Waals surface area contributed by atoms with Crippen LogP contribution >= 0.6 is 11.6 Å². The van der Waals surface area contributed by atoms with Crippen LogP contribution in [-0.4, -0.2) is 53.7 Å². The molecule has 1 aliphatic heterocycles. The average molecular weight is 509 g/mol. The minimum Gasteiger partial charge on any atom is -0.513 e. The third kappa shape index (κ3) is 5.44. The van der Waals surface area contributed by atoms with Crippen molar-refractivity contribution in [2.45, 2.75) is 6.42 Å². The van der Waals surface area contributed by atoms with Gasteiger partial charge in [-0.2, -0.15) is 0 Å². The molecule has 7 nitrogen and oxygen atoms in total. The quantitative estimate of drug-likeness (QED) is 0.407. The zero-order chi connectivity index (χ0) is 25.8. The standard InChI is InChI=1S/C27H26ClFN4O3/c1-31(2)11-12-33(17-34)25-4-3-18(13-24(25)28)22-15-20(29)16-23(27(22)36)19-5-8-30-26(14-19)32-9-6-21(35)7-10-32/h3-6,8,11-17,35-36H,7,9-10H2,1-2H3/b12-11-. The van der Waals surface area contributed by atoms with Crippen LogP contribution in [0.5, 0.6) is 5.75 Å². The second-order valence-electron chi connectivity index (χ2n) is 8.58. The number of anilines is 2. The molecular weight excluding hydrogens is 483 g/mol. The number of phenolic OH excluding ortho intramolecular Hbond substituents is 1. The third-order valence-electron chi connectivity index (χ3n) is 5.82. The first-order valence-corrected chi connectivity index (χ1v) is 11.6. The molecule has 0 aliphatic carbocycles. The first kappa shape index (κ1) is 25.1. The highest BCUT2D eigenvalue weighted by atomic mass is 35.5. The van der Waals surface area contributed by atoms with Crippen LogP contribution in [0.25, 0.3) is 22.3 Å². The molecule has 0 unspecified atom stereocenters. The molecule has 0 saturated carbocycles. The molecule has 1 aliphatic rings. The number of aromatic nitrogens is 1. The Balaban J connectivity index is 1.70. The third-order valence-corrected chi connectivity index (χ3v) is 6.12. The van der Waals surface area contributed by atoms with Crippen molar-refractivity contribution in [2.24, 2.45) is 0 Å². The molecule has 0 radical (unpaired) electrons. The number of aliphatic hydroxyl groups is 1. The Hall–Kier alpha value is -4.04. The predicted octanol–water partition coefficient (Wildman–Crippen LogP) is 5.56. The molecule has 0 atom stereocenters. The number of hydrogen-bond acceptors (Lipinski definition) is 6. The van der Waals surface area contributed by atoms with Crippen molar-refractivity contribution in [2.75, 3.05) is 37.0 Å². The monoisotopic (exact) mass is 508 g/mol. The van der Waals surface area contributed by atoms with Gasteiger partial charge in [0.1, 0.15) is 17.4 Å². The molecule has 0 spiro atoms. The summed E-state index contributed by atoms with van der Waals surface area (Å²) in [6, 6.07) is 10.9. The molecule has 1 aromatic heterocycles. The predicted molar refractivity (Wildman–Crippen MR) is 141 cm³/mol. The van der Waals surface area contributed by atoms with E-state index in [1.165, 1.54) is 17.0 Å². The minimum atomic E-state index is -0.523. The van der Waals surface area contributed by atoms with Crippen LogP contribution in [0.3, 0.4) is 0 Å². The molecule has 3 aromatic rings. The summed E-state index contributed by atoms with van der Waals surface area (Å²) in [5.74, 6) is 0.386. The second-order valence-corrected chi connectivity index (χ2v) is 8.99. The topological polar surface area (TPSA) is 80.1 Å². The van der Waals surface area contributed by atoms with E-state index < -0.39 is 5.82 Å². The normalized spacial score (nSPS) is 13.6. The zero-order valence-corrected chi connectivity index (χ0v) is 20.7. The molecule has 36 heavy (non-hydrogen) atoms. The molecule has 0 bridgehead atoms. The van der Waals surface area contributed by atoms with E-state index in [2.05, 4.69) is 4.98 Å². The smallest absolute Gasteiger partial charge is 0.218 e. The molecule has 2 aromatic carbocycles. The van der Waals surface area contributed by atoms with E-state index in [0.29, 0.717) is 59.9 Å². The molecule has 0 saturated heterocycles. The zero-order valence-electron chi connectivity index (χ0n) is 19.9. The molecule has 4 rings (SSSR count). The maximum absolute atomic E-state index is 14.7. The van der Waals surface area contributed by atoms with Crippen molar-refractivity contribution in [3.8, 4) is 28.0 Å². The number of halogens is 2. The van der Waals surface area contributed by atoms with Gasteiger partial charge in [-0.3, -0.25) is 9.69 Å². The number of amides is 1. The summed E-state index contributed by atoms with van der Waals surface area (Å²) in [5, 5.41) is 21.1. The number of benzene rings is 2. The van der Waals surface area contributed by atoms with E-state index in [-0.39, 0.29) is 16.3 Å². The van der Waals surface area contributed by atoms with Crippen LogP contribution in [0.15, 0.2) is 72.9 Å². The van der Waals surface area contributed by atoms with Crippen LogP contribution in [0.4, 0.5) is 15.9 Å². The van der Waals surface area contributed by atoms with Crippen LogP contribution in [-0.2, 0) is 4.79 Å². The van der Waals surface area contributed by atoms with Gasteiger partial charge in [0.05, 0.1) is 16.5 Å². The number of carbonyl (C=O) groups excluding carboxylic acids is 1. The number of pyridine rings is 1. The molecule has 2 heterocycles. The van der Waals surface area contributed by atoms with E-state index in [9.17, 15) is 19.4 Å². The van der Waals surface area contributed by atoms with Crippen molar-refractivity contribution in [3.63, 3.8) is 0 Å². The van der Waals surface area contributed by atoms with Gasteiger partial charge in [0, 0.05) is 63.3 Å². The average Bonchev–Trinajstić information content (AvgIpc) is 2.86. The SMILES string of the molecule is CN(C)/C=C\N(C=O)c1ccc(-c2cc(F)cc(-c3ccnc(N4CC=C(O)CC4)c3)c2O)cc1Cl. The van der Waals surface area contributed by atoms with Gasteiger partial charge in [-0.05, 0) is 53.6 Å². The lowest BCUT2D eigenvalue weighted by atomic mass is 9.97. The van der Waals surface area contributed by atoms with E-state index in [1.807, 2.05) is 19.0 Å². The molecule has 1 amide bonds. The Morgan fingerprint density at radius 2 is 1.78 bits per heavy atom. The van der Waals surface area contributed by atoms with Crippen molar-refractivity contribution in [3.05, 3.63) is 83.7 Å². The molecule has 0 fully saturated rings. The number of aliphatic hydroxyl groups excluding tert-OH is 1. The number of aromatic hydroxyl groups is 1. The van der Waals surface area contributed by atoms with Gasteiger partial charge in [0.25, 0.3) is 0 Å². The first-order chi connectivity index (χ1) is 17.3. The van der Waals surface area contributed by atoms with Gasteiger partial charge in [-0.15, -0.1) is 0 Å². The number of rotatable bonds is 7. The van der Waals surface area contributed by atoms with Crippen LogP contribution in [0.2, 0.25) is 5.02 Å². The lowest BCUT2D eigenvalue weighted by molar-refractivity contribution is -0.106. The molecule has 186 valence electrons. The maximum atomic E-state index is 14.7. The molecule has 9 heteroatoms. The lowest BCUT2D eigenvalue weighted by Crippen LogP contribution is -2.29. The number of hydrogen-bond donors (Lipinski definition) is 2. The van der Waals surface area contributed by atoms with Crippen molar-refractivity contribution in [1.82, 2.24) is 9.88 Å². The summed E-state index contributed by atoms with van der Waals surface area (Å²) >= 11 is 6.47. The summed E-state index contributed by atoms with van der Waals surface area (Å²) in [6.45, 7) is 1.11. The highest BCUT2D eigenvalue weighted by Gasteiger charge is 2.18. The summed E-state index contributed by atoms with van der Waals surface area (Å²) in [5.41, 5.74) is 2.12. The molecular formula is C27H26ClFN4O3. The Morgan fingerprint density at radius 1 is 1.06 bits per heavy atom.